The van der Waals surface area contributed by atoms with Crippen molar-refractivity contribution in [2.24, 2.45) is 0 Å². The lowest BCUT2D eigenvalue weighted by Gasteiger charge is -2.18. The highest BCUT2D eigenvalue weighted by Crippen LogP contribution is 2.18. The van der Waals surface area contributed by atoms with Crippen molar-refractivity contribution in [3.63, 3.8) is 0 Å². The van der Waals surface area contributed by atoms with Crippen molar-refractivity contribution in [3.8, 4) is 11.5 Å². The van der Waals surface area contributed by atoms with Crippen LogP contribution in [0.2, 0.25) is 0 Å². The van der Waals surface area contributed by atoms with Gasteiger partial charge in [-0.25, -0.2) is 0 Å². The Labute approximate surface area is 115 Å². The Morgan fingerprint density at radius 2 is 1.79 bits per heavy atom. The third-order valence-corrected chi connectivity index (χ3v) is 2.85. The number of amides is 1. The van der Waals surface area contributed by atoms with Crippen molar-refractivity contribution in [1.82, 2.24) is 5.32 Å². The molecule has 0 fully saturated rings. The lowest BCUT2D eigenvalue weighted by molar-refractivity contribution is -0.127. The normalized spacial score (nSPS) is 13.5. The molecule has 0 aliphatic heterocycles. The number of ether oxygens (including phenoxy) is 2. The van der Waals surface area contributed by atoms with Gasteiger partial charge < -0.3 is 14.8 Å². The van der Waals surface area contributed by atoms with Crippen LogP contribution in [-0.4, -0.2) is 25.2 Å². The zero-order valence-electron chi connectivity index (χ0n) is 12.1. The maximum absolute atomic E-state index is 11.9. The van der Waals surface area contributed by atoms with Crippen molar-refractivity contribution >= 4 is 5.91 Å². The molecule has 4 nitrogen and oxygen atoms in total. The molecule has 106 valence electrons. The smallest absolute Gasteiger partial charge is 0.260 e. The Bertz CT molecular complexity index is 389. The van der Waals surface area contributed by atoms with Gasteiger partial charge in [0.15, 0.2) is 6.10 Å². The van der Waals surface area contributed by atoms with Gasteiger partial charge >= 0.3 is 0 Å². The molecule has 1 N–H and O–H groups in total. The summed E-state index contributed by atoms with van der Waals surface area (Å²) in [4.78, 5) is 11.9. The SMILES string of the molecule is CCC[C@H](C)NC(=O)[C@@H](C)Oc1ccc(OC)cc1. The zero-order valence-corrected chi connectivity index (χ0v) is 12.1. The highest BCUT2D eigenvalue weighted by atomic mass is 16.5. The van der Waals surface area contributed by atoms with Crippen LogP contribution < -0.4 is 14.8 Å². The topological polar surface area (TPSA) is 47.6 Å². The molecule has 0 saturated heterocycles. The van der Waals surface area contributed by atoms with Crippen LogP contribution in [0.15, 0.2) is 24.3 Å². The van der Waals surface area contributed by atoms with E-state index >= 15 is 0 Å². The van der Waals surface area contributed by atoms with Crippen molar-refractivity contribution in [1.29, 1.82) is 0 Å². The number of hydrogen-bond donors (Lipinski definition) is 1. The monoisotopic (exact) mass is 265 g/mol. The lowest BCUT2D eigenvalue weighted by Crippen LogP contribution is -2.41. The van der Waals surface area contributed by atoms with E-state index in [1.165, 1.54) is 0 Å². The van der Waals surface area contributed by atoms with Crippen LogP contribution in [0.1, 0.15) is 33.6 Å². The number of carbonyl (C=O) groups excluding carboxylic acids is 1. The van der Waals surface area contributed by atoms with Gasteiger partial charge in [-0.1, -0.05) is 13.3 Å². The molecule has 0 aliphatic carbocycles. The van der Waals surface area contributed by atoms with E-state index in [4.69, 9.17) is 9.47 Å². The van der Waals surface area contributed by atoms with Gasteiger partial charge in [0.1, 0.15) is 11.5 Å². The van der Waals surface area contributed by atoms with E-state index in [1.54, 1.807) is 38.3 Å². The lowest BCUT2D eigenvalue weighted by atomic mass is 10.2. The Morgan fingerprint density at radius 1 is 1.21 bits per heavy atom. The van der Waals surface area contributed by atoms with Crippen molar-refractivity contribution in [2.45, 2.75) is 45.8 Å². The first kappa shape index (κ1) is 15.3. The highest BCUT2D eigenvalue weighted by molar-refractivity contribution is 5.80. The third-order valence-electron chi connectivity index (χ3n) is 2.85. The predicted molar refractivity (Wildman–Crippen MR) is 75.6 cm³/mol. The van der Waals surface area contributed by atoms with E-state index in [-0.39, 0.29) is 11.9 Å². The fraction of sp³-hybridized carbons (Fsp3) is 0.533. The average molecular weight is 265 g/mol. The summed E-state index contributed by atoms with van der Waals surface area (Å²) in [6.45, 7) is 5.85. The van der Waals surface area contributed by atoms with Crippen LogP contribution >= 0.6 is 0 Å². The van der Waals surface area contributed by atoms with E-state index in [9.17, 15) is 4.79 Å². The fourth-order valence-electron chi connectivity index (χ4n) is 1.78. The summed E-state index contributed by atoms with van der Waals surface area (Å²) in [6.07, 6.45) is 1.52. The molecule has 1 amide bonds. The third kappa shape index (κ3) is 5.20. The van der Waals surface area contributed by atoms with E-state index in [1.807, 2.05) is 6.92 Å². The second kappa shape index (κ2) is 7.67. The summed E-state index contributed by atoms with van der Waals surface area (Å²) in [5.74, 6) is 1.34. The molecule has 1 aromatic carbocycles. The number of carbonyl (C=O) groups is 1. The molecule has 0 aromatic heterocycles. The number of nitrogens with one attached hydrogen (secondary N) is 1. The van der Waals surface area contributed by atoms with Gasteiger partial charge in [-0.05, 0) is 44.5 Å². The van der Waals surface area contributed by atoms with Crippen molar-refractivity contribution in [3.05, 3.63) is 24.3 Å². The molecule has 0 saturated carbocycles. The van der Waals surface area contributed by atoms with Gasteiger partial charge in [0.05, 0.1) is 7.11 Å². The van der Waals surface area contributed by atoms with Gasteiger partial charge in [0, 0.05) is 6.04 Å². The summed E-state index contributed by atoms with van der Waals surface area (Å²) in [5.41, 5.74) is 0. The minimum atomic E-state index is -0.507. The van der Waals surface area contributed by atoms with E-state index in [0.29, 0.717) is 5.75 Å². The standard InChI is InChI=1S/C15H23NO3/c1-5-6-11(2)16-15(17)12(3)19-14-9-7-13(18-4)8-10-14/h7-12H,5-6H2,1-4H3,(H,16,17)/t11-,12+/m0/s1. The minimum absolute atomic E-state index is 0.0863. The second-order valence-corrected chi connectivity index (χ2v) is 4.63. The molecular weight excluding hydrogens is 242 g/mol. The zero-order chi connectivity index (χ0) is 14.3. The molecule has 2 atom stereocenters. The molecule has 0 radical (unpaired) electrons. The molecule has 1 aromatic rings. The molecule has 4 heteroatoms. The van der Waals surface area contributed by atoms with Crippen LogP contribution in [0, 0.1) is 0 Å². The van der Waals surface area contributed by atoms with Crippen LogP contribution in [0.5, 0.6) is 11.5 Å². The summed E-state index contributed by atoms with van der Waals surface area (Å²) in [6, 6.07) is 7.37. The molecule has 1 rings (SSSR count). The number of methoxy groups -OCH3 is 1. The Kier molecular flexibility index (Phi) is 6.19. The van der Waals surface area contributed by atoms with Gasteiger partial charge in [-0.15, -0.1) is 0 Å². The minimum Gasteiger partial charge on any atom is -0.497 e. The molecular formula is C15H23NO3. The van der Waals surface area contributed by atoms with Crippen molar-refractivity contribution < 1.29 is 14.3 Å². The van der Waals surface area contributed by atoms with Crippen LogP contribution in [0.3, 0.4) is 0 Å². The van der Waals surface area contributed by atoms with E-state index < -0.39 is 6.10 Å². The maximum atomic E-state index is 11.9. The predicted octanol–water partition coefficient (Wildman–Crippen LogP) is 2.77. The largest absolute Gasteiger partial charge is 0.497 e. The first-order chi connectivity index (χ1) is 9.06. The number of benzene rings is 1. The average Bonchev–Trinajstić information content (AvgIpc) is 2.39. The first-order valence-corrected chi connectivity index (χ1v) is 6.68. The fourth-order valence-corrected chi connectivity index (χ4v) is 1.78. The van der Waals surface area contributed by atoms with Crippen LogP contribution in [0.25, 0.3) is 0 Å². The summed E-state index contributed by atoms with van der Waals surface area (Å²) >= 11 is 0. The quantitative estimate of drug-likeness (QED) is 0.824. The number of rotatable bonds is 7. The number of hydrogen-bond acceptors (Lipinski definition) is 3. The highest BCUT2D eigenvalue weighted by Gasteiger charge is 2.16. The van der Waals surface area contributed by atoms with Gasteiger partial charge in [0.25, 0.3) is 5.91 Å². The summed E-state index contributed by atoms with van der Waals surface area (Å²) < 4.78 is 10.7. The molecule has 19 heavy (non-hydrogen) atoms. The van der Waals surface area contributed by atoms with Gasteiger partial charge in [0.2, 0.25) is 0 Å². The van der Waals surface area contributed by atoms with E-state index in [2.05, 4.69) is 12.2 Å². The molecule has 0 spiro atoms. The molecule has 0 bridgehead atoms. The second-order valence-electron chi connectivity index (χ2n) is 4.63. The molecule has 0 aliphatic rings. The first-order valence-electron chi connectivity index (χ1n) is 6.68. The van der Waals surface area contributed by atoms with E-state index in [0.717, 1.165) is 18.6 Å². The molecule has 0 unspecified atom stereocenters. The Morgan fingerprint density at radius 3 is 2.32 bits per heavy atom. The van der Waals surface area contributed by atoms with Gasteiger partial charge in [-0.2, -0.15) is 0 Å². The Hall–Kier alpha value is -1.71. The molecule has 0 heterocycles. The van der Waals surface area contributed by atoms with Crippen LogP contribution in [-0.2, 0) is 4.79 Å². The van der Waals surface area contributed by atoms with Crippen molar-refractivity contribution in [2.75, 3.05) is 7.11 Å². The summed E-state index contributed by atoms with van der Waals surface area (Å²) in [7, 11) is 1.61. The maximum Gasteiger partial charge on any atom is 0.260 e. The van der Waals surface area contributed by atoms with Crippen LogP contribution in [0.4, 0.5) is 0 Å². The Balaban J connectivity index is 2.48. The van der Waals surface area contributed by atoms with Gasteiger partial charge in [-0.3, -0.25) is 4.79 Å². The summed E-state index contributed by atoms with van der Waals surface area (Å²) in [5, 5.41) is 2.93.